The van der Waals surface area contributed by atoms with E-state index in [9.17, 15) is 14.7 Å². The molecule has 6 heteroatoms. The van der Waals surface area contributed by atoms with Gasteiger partial charge in [-0.15, -0.1) is 0 Å². The van der Waals surface area contributed by atoms with Crippen molar-refractivity contribution in [1.29, 1.82) is 0 Å². The Labute approximate surface area is 168 Å². The SMILES string of the molecule is COc1ccc(C)cc1NC(=O)[C@@H](OC(=O)c1ccc(O)cc1)c1ccccc1. The Hall–Kier alpha value is -3.80. The molecule has 0 aromatic heterocycles. The summed E-state index contributed by atoms with van der Waals surface area (Å²) < 4.78 is 10.8. The molecule has 0 saturated heterocycles. The summed E-state index contributed by atoms with van der Waals surface area (Å²) in [7, 11) is 1.51. The van der Waals surface area contributed by atoms with Crippen LogP contribution in [0.3, 0.4) is 0 Å². The molecule has 1 amide bonds. The number of carbonyl (C=O) groups is 2. The van der Waals surface area contributed by atoms with E-state index in [4.69, 9.17) is 9.47 Å². The molecule has 3 aromatic rings. The van der Waals surface area contributed by atoms with Gasteiger partial charge in [-0.25, -0.2) is 4.79 Å². The maximum atomic E-state index is 13.0. The highest BCUT2D eigenvalue weighted by Crippen LogP contribution is 2.28. The Morgan fingerprint density at radius 3 is 2.31 bits per heavy atom. The zero-order valence-electron chi connectivity index (χ0n) is 16.1. The van der Waals surface area contributed by atoms with Crippen molar-refractivity contribution >= 4 is 17.6 Å². The van der Waals surface area contributed by atoms with Crippen molar-refractivity contribution in [3.05, 3.63) is 89.5 Å². The lowest BCUT2D eigenvalue weighted by atomic mass is 10.1. The number of amides is 1. The van der Waals surface area contributed by atoms with Crippen molar-refractivity contribution in [2.75, 3.05) is 12.4 Å². The van der Waals surface area contributed by atoms with Gasteiger partial charge in [0.25, 0.3) is 5.91 Å². The Morgan fingerprint density at radius 1 is 0.966 bits per heavy atom. The van der Waals surface area contributed by atoms with Gasteiger partial charge < -0.3 is 19.9 Å². The maximum Gasteiger partial charge on any atom is 0.339 e. The number of hydrogen-bond donors (Lipinski definition) is 2. The van der Waals surface area contributed by atoms with Gasteiger partial charge in [0.15, 0.2) is 0 Å². The minimum atomic E-state index is -1.16. The molecule has 1 atom stereocenters. The van der Waals surface area contributed by atoms with Gasteiger partial charge in [-0.3, -0.25) is 4.79 Å². The van der Waals surface area contributed by atoms with E-state index in [0.717, 1.165) is 5.56 Å². The first-order valence-corrected chi connectivity index (χ1v) is 8.98. The van der Waals surface area contributed by atoms with E-state index in [-0.39, 0.29) is 11.3 Å². The molecule has 3 rings (SSSR count). The van der Waals surface area contributed by atoms with Crippen LogP contribution in [0.4, 0.5) is 5.69 Å². The van der Waals surface area contributed by atoms with Crippen molar-refractivity contribution in [3.8, 4) is 11.5 Å². The van der Waals surface area contributed by atoms with Crippen molar-refractivity contribution in [2.24, 2.45) is 0 Å². The molecule has 0 heterocycles. The molecule has 0 aliphatic rings. The van der Waals surface area contributed by atoms with E-state index < -0.39 is 18.0 Å². The molecule has 6 nitrogen and oxygen atoms in total. The third kappa shape index (κ3) is 4.93. The van der Waals surface area contributed by atoms with E-state index >= 15 is 0 Å². The molecule has 0 aliphatic heterocycles. The summed E-state index contributed by atoms with van der Waals surface area (Å²) >= 11 is 0. The average molecular weight is 391 g/mol. The highest BCUT2D eigenvalue weighted by Gasteiger charge is 2.26. The zero-order chi connectivity index (χ0) is 20.8. The predicted octanol–water partition coefficient (Wildman–Crippen LogP) is 4.25. The Balaban J connectivity index is 1.88. The molecule has 3 aromatic carbocycles. The van der Waals surface area contributed by atoms with E-state index in [1.54, 1.807) is 36.4 Å². The zero-order valence-corrected chi connectivity index (χ0v) is 16.1. The number of phenolic OH excluding ortho intramolecular Hbond substituents is 1. The highest BCUT2D eigenvalue weighted by atomic mass is 16.5. The van der Waals surface area contributed by atoms with Gasteiger partial charge in [0, 0.05) is 5.56 Å². The van der Waals surface area contributed by atoms with Crippen molar-refractivity contribution in [2.45, 2.75) is 13.0 Å². The predicted molar refractivity (Wildman–Crippen MR) is 109 cm³/mol. The first-order chi connectivity index (χ1) is 14.0. The number of phenols is 1. The minimum Gasteiger partial charge on any atom is -0.508 e. The summed E-state index contributed by atoms with van der Waals surface area (Å²) in [5.74, 6) is -0.650. The van der Waals surface area contributed by atoms with Gasteiger partial charge in [0.05, 0.1) is 18.4 Å². The van der Waals surface area contributed by atoms with Gasteiger partial charge >= 0.3 is 5.97 Å². The van der Waals surface area contributed by atoms with Crippen LogP contribution in [0.15, 0.2) is 72.8 Å². The van der Waals surface area contributed by atoms with Crippen LogP contribution in [0, 0.1) is 6.92 Å². The van der Waals surface area contributed by atoms with Gasteiger partial charge in [-0.1, -0.05) is 36.4 Å². The smallest absolute Gasteiger partial charge is 0.339 e. The molecular formula is C23H21NO5. The number of ether oxygens (including phenoxy) is 2. The van der Waals surface area contributed by atoms with Crippen molar-refractivity contribution in [1.82, 2.24) is 0 Å². The lowest BCUT2D eigenvalue weighted by molar-refractivity contribution is -0.125. The molecule has 0 radical (unpaired) electrons. The van der Waals surface area contributed by atoms with Gasteiger partial charge in [0.1, 0.15) is 11.5 Å². The van der Waals surface area contributed by atoms with Crippen molar-refractivity contribution < 1.29 is 24.2 Å². The molecule has 0 unspecified atom stereocenters. The Morgan fingerprint density at radius 2 is 1.66 bits per heavy atom. The summed E-state index contributed by atoms with van der Waals surface area (Å²) in [6.07, 6.45) is -1.16. The number of aryl methyl sites for hydroxylation is 1. The first kappa shape index (κ1) is 19.9. The van der Waals surface area contributed by atoms with Crippen LogP contribution in [-0.2, 0) is 9.53 Å². The third-order valence-electron chi connectivity index (χ3n) is 4.28. The number of rotatable bonds is 6. The van der Waals surface area contributed by atoms with E-state index in [2.05, 4.69) is 5.32 Å². The number of methoxy groups -OCH3 is 1. The van der Waals surface area contributed by atoms with E-state index in [0.29, 0.717) is 17.0 Å². The quantitative estimate of drug-likeness (QED) is 0.614. The molecular weight excluding hydrogens is 370 g/mol. The maximum absolute atomic E-state index is 13.0. The monoisotopic (exact) mass is 391 g/mol. The molecule has 148 valence electrons. The number of nitrogens with one attached hydrogen (secondary N) is 1. The fourth-order valence-corrected chi connectivity index (χ4v) is 2.79. The lowest BCUT2D eigenvalue weighted by Crippen LogP contribution is -2.26. The van der Waals surface area contributed by atoms with Crippen LogP contribution in [0.5, 0.6) is 11.5 Å². The average Bonchev–Trinajstić information content (AvgIpc) is 2.73. The van der Waals surface area contributed by atoms with Crippen LogP contribution in [0.2, 0.25) is 0 Å². The van der Waals surface area contributed by atoms with Crippen molar-refractivity contribution in [3.63, 3.8) is 0 Å². The minimum absolute atomic E-state index is 0.0328. The largest absolute Gasteiger partial charge is 0.508 e. The van der Waals surface area contributed by atoms with Gasteiger partial charge in [-0.05, 0) is 48.9 Å². The lowest BCUT2D eigenvalue weighted by Gasteiger charge is -2.19. The molecule has 0 saturated carbocycles. The molecule has 0 spiro atoms. The van der Waals surface area contributed by atoms with Crippen LogP contribution < -0.4 is 10.1 Å². The second-order valence-corrected chi connectivity index (χ2v) is 6.44. The standard InChI is InChI=1S/C23H21NO5/c1-15-8-13-20(28-2)19(14-15)24-22(26)21(16-6-4-3-5-7-16)29-23(27)17-9-11-18(25)12-10-17/h3-14,21,25H,1-2H3,(H,24,26)/t21-/m0/s1. The summed E-state index contributed by atoms with van der Waals surface area (Å²) in [6.45, 7) is 1.90. The molecule has 0 fully saturated rings. The summed E-state index contributed by atoms with van der Waals surface area (Å²) in [5.41, 5.74) is 2.19. The van der Waals surface area contributed by atoms with Crippen LogP contribution in [-0.4, -0.2) is 24.1 Å². The Bertz CT molecular complexity index is 1000. The summed E-state index contributed by atoms with van der Waals surface area (Å²) in [6, 6.07) is 19.8. The van der Waals surface area contributed by atoms with E-state index in [1.807, 2.05) is 19.1 Å². The van der Waals surface area contributed by atoms with Crippen LogP contribution in [0.1, 0.15) is 27.6 Å². The topological polar surface area (TPSA) is 84.9 Å². The fraction of sp³-hybridized carbons (Fsp3) is 0.130. The van der Waals surface area contributed by atoms with Gasteiger partial charge in [0.2, 0.25) is 6.10 Å². The van der Waals surface area contributed by atoms with Crippen LogP contribution in [0.25, 0.3) is 0 Å². The summed E-state index contributed by atoms with van der Waals surface area (Å²) in [4.78, 5) is 25.6. The molecule has 0 bridgehead atoms. The number of hydrogen-bond acceptors (Lipinski definition) is 5. The number of carbonyl (C=O) groups excluding carboxylic acids is 2. The number of aromatic hydroxyl groups is 1. The molecule has 2 N–H and O–H groups in total. The number of anilines is 1. The van der Waals surface area contributed by atoms with Gasteiger partial charge in [-0.2, -0.15) is 0 Å². The third-order valence-corrected chi connectivity index (χ3v) is 4.28. The number of benzene rings is 3. The highest BCUT2D eigenvalue weighted by molar-refractivity contribution is 5.99. The second-order valence-electron chi connectivity index (χ2n) is 6.44. The summed E-state index contributed by atoms with van der Waals surface area (Å²) in [5, 5.41) is 12.2. The Kier molecular flexibility index (Phi) is 6.14. The normalized spacial score (nSPS) is 11.4. The first-order valence-electron chi connectivity index (χ1n) is 8.98. The number of esters is 1. The second kappa shape index (κ2) is 8.93. The molecule has 29 heavy (non-hydrogen) atoms. The van der Waals surface area contributed by atoms with E-state index in [1.165, 1.54) is 31.4 Å². The fourth-order valence-electron chi connectivity index (χ4n) is 2.79. The van der Waals surface area contributed by atoms with Crippen LogP contribution >= 0.6 is 0 Å². The molecule has 0 aliphatic carbocycles.